The van der Waals surface area contributed by atoms with Gasteiger partial charge in [0, 0.05) is 10.4 Å². The van der Waals surface area contributed by atoms with E-state index in [1.54, 1.807) is 0 Å². The molecule has 5 rings (SSSR count). The van der Waals surface area contributed by atoms with Gasteiger partial charge in [-0.3, -0.25) is 9.20 Å². The molecule has 0 radical (unpaired) electrons. The Hall–Kier alpha value is -1.94. The van der Waals surface area contributed by atoms with Gasteiger partial charge < -0.3 is 0 Å². The average Bonchev–Trinajstić information content (AvgIpc) is 3.44. The fourth-order valence-electron chi connectivity index (χ4n) is 4.61. The van der Waals surface area contributed by atoms with Crippen molar-refractivity contribution in [3.05, 3.63) is 70.2 Å². The van der Waals surface area contributed by atoms with Gasteiger partial charge in [-0.1, -0.05) is 34.1 Å². The van der Waals surface area contributed by atoms with Gasteiger partial charge in [-0.05, 0) is 79.7 Å². The quantitative estimate of drug-likeness (QED) is 0.473. The van der Waals surface area contributed by atoms with Crippen LogP contribution >= 0.6 is 15.9 Å². The minimum atomic E-state index is 0.141. The Morgan fingerprint density at radius 2 is 1.63 bits per heavy atom. The Balaban J connectivity index is 1.38. The number of fused-ring (bicyclic) bond motifs is 1. The van der Waals surface area contributed by atoms with Crippen LogP contribution in [0.1, 0.15) is 72.0 Å². The van der Waals surface area contributed by atoms with E-state index in [1.165, 1.54) is 24.0 Å². The van der Waals surface area contributed by atoms with Crippen LogP contribution in [0.2, 0.25) is 0 Å². The summed E-state index contributed by atoms with van der Waals surface area (Å²) in [6.45, 7) is 0. The summed E-state index contributed by atoms with van der Waals surface area (Å²) in [6.07, 6.45) is 10.2. The van der Waals surface area contributed by atoms with Gasteiger partial charge in [-0.15, -0.1) is 0 Å². The van der Waals surface area contributed by atoms with Crippen molar-refractivity contribution in [2.75, 3.05) is 0 Å². The summed E-state index contributed by atoms with van der Waals surface area (Å²) < 4.78 is 3.15. The van der Waals surface area contributed by atoms with E-state index >= 15 is 0 Å². The predicted octanol–water partition coefficient (Wildman–Crippen LogP) is 6.13. The van der Waals surface area contributed by atoms with Crippen molar-refractivity contribution < 1.29 is 4.79 Å². The second-order valence-corrected chi connectivity index (χ2v) is 8.98. The Labute approximate surface area is 167 Å². The number of imidazole rings is 1. The highest BCUT2D eigenvalue weighted by atomic mass is 79.9. The van der Waals surface area contributed by atoms with Gasteiger partial charge in [0.25, 0.3) is 0 Å². The zero-order chi connectivity index (χ0) is 18.4. The summed E-state index contributed by atoms with van der Waals surface area (Å²) >= 11 is 3.51. The van der Waals surface area contributed by atoms with Crippen LogP contribution in [0.25, 0.3) is 5.52 Å². The first-order chi connectivity index (χ1) is 13.2. The SMILES string of the molecule is O=C(c1c(C2CC2)ccc2cncn12)C1CCC(c2ccc(Br)cc2)CC1. The molecule has 0 aliphatic heterocycles. The molecule has 1 aromatic carbocycles. The lowest BCUT2D eigenvalue weighted by molar-refractivity contribution is 0.0876. The third-order valence-electron chi connectivity index (χ3n) is 6.31. The van der Waals surface area contributed by atoms with Gasteiger partial charge in [-0.25, -0.2) is 4.98 Å². The Bertz CT molecular complexity index is 979. The zero-order valence-electron chi connectivity index (χ0n) is 15.3. The van der Waals surface area contributed by atoms with E-state index < -0.39 is 0 Å². The van der Waals surface area contributed by atoms with Crippen LogP contribution in [0, 0.1) is 5.92 Å². The van der Waals surface area contributed by atoms with Crippen molar-refractivity contribution in [1.29, 1.82) is 0 Å². The maximum atomic E-state index is 13.5. The maximum absolute atomic E-state index is 13.5. The second kappa shape index (κ2) is 6.90. The van der Waals surface area contributed by atoms with Crippen LogP contribution in [0.15, 0.2) is 53.4 Å². The second-order valence-electron chi connectivity index (χ2n) is 8.06. The molecule has 2 aliphatic rings. The van der Waals surface area contributed by atoms with E-state index in [9.17, 15) is 4.79 Å². The lowest BCUT2D eigenvalue weighted by atomic mass is 9.76. The third-order valence-corrected chi connectivity index (χ3v) is 6.83. The van der Waals surface area contributed by atoms with Gasteiger partial charge in [-0.2, -0.15) is 0 Å². The van der Waals surface area contributed by atoms with E-state index in [0.29, 0.717) is 17.6 Å². The van der Waals surface area contributed by atoms with Gasteiger partial charge in [0.15, 0.2) is 5.78 Å². The number of rotatable bonds is 4. The molecule has 3 nitrogen and oxygen atoms in total. The molecule has 2 aromatic heterocycles. The topological polar surface area (TPSA) is 34.4 Å². The smallest absolute Gasteiger partial charge is 0.182 e. The van der Waals surface area contributed by atoms with Gasteiger partial charge in [0.2, 0.25) is 0 Å². The molecule has 0 saturated heterocycles. The van der Waals surface area contributed by atoms with Crippen molar-refractivity contribution >= 4 is 27.2 Å². The average molecular weight is 423 g/mol. The molecule has 2 heterocycles. The van der Waals surface area contributed by atoms with Crippen LogP contribution in [-0.2, 0) is 0 Å². The molecule has 0 unspecified atom stereocenters. The number of benzene rings is 1. The van der Waals surface area contributed by atoms with E-state index in [-0.39, 0.29) is 5.92 Å². The highest BCUT2D eigenvalue weighted by Gasteiger charge is 2.34. The maximum Gasteiger partial charge on any atom is 0.182 e. The lowest BCUT2D eigenvalue weighted by Gasteiger charge is -2.28. The zero-order valence-corrected chi connectivity index (χ0v) is 16.9. The standard InChI is InChI=1S/C23H23BrN2O/c24-19-9-7-16(8-10-19)15-1-5-18(6-2-15)23(27)22-21(17-3-4-17)12-11-20-13-25-14-26(20)22/h7-15,17-18H,1-6H2. The number of aromatic nitrogens is 2. The molecule has 4 heteroatoms. The van der Waals surface area contributed by atoms with Crippen LogP contribution in [0.5, 0.6) is 0 Å². The number of carbonyl (C=O) groups is 1. The van der Waals surface area contributed by atoms with E-state index in [1.807, 2.05) is 16.9 Å². The number of halogens is 1. The molecule has 0 spiro atoms. The molecule has 3 aromatic rings. The summed E-state index contributed by atoms with van der Waals surface area (Å²) in [5, 5.41) is 0. The predicted molar refractivity (Wildman–Crippen MR) is 110 cm³/mol. The van der Waals surface area contributed by atoms with Crippen molar-refractivity contribution in [2.24, 2.45) is 5.92 Å². The van der Waals surface area contributed by atoms with Crippen molar-refractivity contribution in [2.45, 2.75) is 50.4 Å². The molecule has 2 saturated carbocycles. The lowest BCUT2D eigenvalue weighted by Crippen LogP contribution is -2.24. The largest absolute Gasteiger partial charge is 0.296 e. The monoisotopic (exact) mass is 422 g/mol. The molecule has 27 heavy (non-hydrogen) atoms. The van der Waals surface area contributed by atoms with E-state index in [0.717, 1.165) is 41.4 Å². The first-order valence-corrected chi connectivity index (χ1v) is 10.7. The van der Waals surface area contributed by atoms with Crippen LogP contribution in [0.3, 0.4) is 0 Å². The molecular weight excluding hydrogens is 400 g/mol. The number of ketones is 1. The van der Waals surface area contributed by atoms with Gasteiger partial charge >= 0.3 is 0 Å². The van der Waals surface area contributed by atoms with Crippen molar-refractivity contribution in [3.63, 3.8) is 0 Å². The van der Waals surface area contributed by atoms with Crippen molar-refractivity contribution in [1.82, 2.24) is 9.38 Å². The van der Waals surface area contributed by atoms with E-state index in [2.05, 4.69) is 57.3 Å². The highest BCUT2D eigenvalue weighted by molar-refractivity contribution is 9.10. The summed E-state index contributed by atoms with van der Waals surface area (Å²) in [5.74, 6) is 1.61. The molecule has 0 N–H and O–H groups in total. The third kappa shape index (κ3) is 3.25. The minimum absolute atomic E-state index is 0.141. The molecular formula is C23H23BrN2O. The molecule has 2 fully saturated rings. The van der Waals surface area contributed by atoms with Crippen LogP contribution in [-0.4, -0.2) is 15.2 Å². The number of pyridine rings is 1. The first-order valence-electron chi connectivity index (χ1n) is 9.95. The summed E-state index contributed by atoms with van der Waals surface area (Å²) in [5.41, 5.74) is 4.56. The number of carbonyl (C=O) groups excluding carboxylic acids is 1. The van der Waals surface area contributed by atoms with Gasteiger partial charge in [0.1, 0.15) is 0 Å². The number of nitrogens with zero attached hydrogens (tertiary/aromatic N) is 2. The molecule has 0 amide bonds. The normalized spacial score (nSPS) is 22.9. The molecule has 0 atom stereocenters. The highest BCUT2D eigenvalue weighted by Crippen LogP contribution is 2.44. The molecule has 0 bridgehead atoms. The number of hydrogen-bond donors (Lipinski definition) is 0. The fraction of sp³-hybridized carbons (Fsp3) is 0.391. The fourth-order valence-corrected chi connectivity index (χ4v) is 4.87. The summed E-state index contributed by atoms with van der Waals surface area (Å²) in [4.78, 5) is 17.8. The Kier molecular flexibility index (Phi) is 4.39. The summed E-state index contributed by atoms with van der Waals surface area (Å²) in [7, 11) is 0. The molecule has 2 aliphatic carbocycles. The molecule has 138 valence electrons. The number of hydrogen-bond acceptors (Lipinski definition) is 2. The Morgan fingerprint density at radius 3 is 2.33 bits per heavy atom. The van der Waals surface area contributed by atoms with Crippen LogP contribution < -0.4 is 0 Å². The minimum Gasteiger partial charge on any atom is -0.296 e. The summed E-state index contributed by atoms with van der Waals surface area (Å²) in [6, 6.07) is 12.9. The van der Waals surface area contributed by atoms with E-state index in [4.69, 9.17) is 0 Å². The Morgan fingerprint density at radius 1 is 0.926 bits per heavy atom. The van der Waals surface area contributed by atoms with Crippen LogP contribution in [0.4, 0.5) is 0 Å². The van der Waals surface area contributed by atoms with Crippen molar-refractivity contribution in [3.8, 4) is 0 Å². The number of Topliss-reactive ketones (excluding diaryl/α,β-unsaturated/α-hetero) is 1. The van der Waals surface area contributed by atoms with Gasteiger partial charge in [0.05, 0.1) is 23.7 Å². The first kappa shape index (κ1) is 17.2.